The van der Waals surface area contributed by atoms with E-state index in [0.29, 0.717) is 13.2 Å². The third-order valence-corrected chi connectivity index (χ3v) is 6.04. The quantitative estimate of drug-likeness (QED) is 0.602. The molecule has 30 heavy (non-hydrogen) atoms. The van der Waals surface area contributed by atoms with Gasteiger partial charge in [0.2, 0.25) is 5.91 Å². The summed E-state index contributed by atoms with van der Waals surface area (Å²) in [5.74, 6) is 1.72. The van der Waals surface area contributed by atoms with Gasteiger partial charge in [-0.15, -0.1) is 0 Å². The molecule has 1 aliphatic heterocycles. The number of hydrogen-bond donors (Lipinski definition) is 1. The number of carbonyl (C=O) groups is 1. The number of aryl methyl sites for hydroxylation is 2. The van der Waals surface area contributed by atoms with Gasteiger partial charge in [-0.3, -0.25) is 4.79 Å². The molecule has 4 rings (SSSR count). The molecule has 0 unspecified atom stereocenters. The topological polar surface area (TPSA) is 67.3 Å². The second kappa shape index (κ2) is 8.83. The molecule has 3 aromatic rings. The van der Waals surface area contributed by atoms with Crippen molar-refractivity contribution in [1.82, 2.24) is 9.36 Å². The molecule has 1 aliphatic rings. The van der Waals surface area contributed by atoms with Crippen molar-refractivity contribution < 1.29 is 9.53 Å². The number of ether oxygens (including phenoxy) is 1. The van der Waals surface area contributed by atoms with E-state index in [2.05, 4.69) is 21.6 Å². The number of fused-ring (bicyclic) bond motifs is 1. The Morgan fingerprint density at radius 1 is 1.27 bits per heavy atom. The van der Waals surface area contributed by atoms with Crippen LogP contribution in [0.25, 0.3) is 10.6 Å². The first kappa shape index (κ1) is 20.3. The van der Waals surface area contributed by atoms with E-state index in [9.17, 15) is 4.79 Å². The Bertz CT molecular complexity index is 1060. The summed E-state index contributed by atoms with van der Waals surface area (Å²) in [7, 11) is 0. The van der Waals surface area contributed by atoms with Crippen LogP contribution < -0.4 is 15.0 Å². The van der Waals surface area contributed by atoms with Gasteiger partial charge in [0.25, 0.3) is 0 Å². The normalized spacial score (nSPS) is 12.7. The van der Waals surface area contributed by atoms with Gasteiger partial charge in [0.05, 0.1) is 18.8 Å². The van der Waals surface area contributed by atoms with E-state index in [1.54, 1.807) is 0 Å². The molecule has 0 bridgehead atoms. The molecule has 156 valence electrons. The highest BCUT2D eigenvalue weighted by molar-refractivity contribution is 7.09. The summed E-state index contributed by atoms with van der Waals surface area (Å²) in [6, 6.07) is 12.1. The predicted molar refractivity (Wildman–Crippen MR) is 122 cm³/mol. The first-order valence-corrected chi connectivity index (χ1v) is 11.0. The van der Waals surface area contributed by atoms with E-state index in [0.717, 1.165) is 57.5 Å². The zero-order chi connectivity index (χ0) is 21.1. The van der Waals surface area contributed by atoms with Gasteiger partial charge in [-0.1, -0.05) is 25.1 Å². The Morgan fingerprint density at radius 2 is 2.13 bits per heavy atom. The summed E-state index contributed by atoms with van der Waals surface area (Å²) < 4.78 is 10.1. The minimum absolute atomic E-state index is 0.0537. The van der Waals surface area contributed by atoms with Crippen LogP contribution in [-0.4, -0.2) is 35.0 Å². The molecule has 0 saturated carbocycles. The van der Waals surface area contributed by atoms with Crippen LogP contribution in [0.1, 0.15) is 30.3 Å². The van der Waals surface area contributed by atoms with E-state index in [-0.39, 0.29) is 12.5 Å². The lowest BCUT2D eigenvalue weighted by Gasteiger charge is -2.19. The van der Waals surface area contributed by atoms with Gasteiger partial charge in [0, 0.05) is 23.4 Å². The highest BCUT2D eigenvalue weighted by Crippen LogP contribution is 2.35. The van der Waals surface area contributed by atoms with Gasteiger partial charge in [0.1, 0.15) is 16.6 Å². The van der Waals surface area contributed by atoms with Crippen molar-refractivity contribution in [3.63, 3.8) is 0 Å². The Kier molecular flexibility index (Phi) is 5.99. The van der Waals surface area contributed by atoms with Crippen molar-refractivity contribution >= 4 is 28.8 Å². The summed E-state index contributed by atoms with van der Waals surface area (Å²) in [6.07, 6.45) is 1.79. The van der Waals surface area contributed by atoms with Gasteiger partial charge in [-0.05, 0) is 62.0 Å². The van der Waals surface area contributed by atoms with Gasteiger partial charge in [-0.25, -0.2) is 4.98 Å². The van der Waals surface area contributed by atoms with Crippen LogP contribution >= 0.6 is 11.5 Å². The highest BCUT2D eigenvalue weighted by atomic mass is 32.1. The Hall–Kier alpha value is -2.93. The smallest absolute Gasteiger partial charge is 0.246 e. The maximum atomic E-state index is 13.0. The number of anilines is 2. The Balaban J connectivity index is 1.47. The molecule has 0 radical (unpaired) electrons. The first-order chi connectivity index (χ1) is 14.6. The molecule has 0 fully saturated rings. The fraction of sp³-hybridized carbons (Fsp3) is 0.348. The zero-order valence-corrected chi connectivity index (χ0v) is 18.4. The number of benzene rings is 2. The molecule has 0 aliphatic carbocycles. The predicted octanol–water partition coefficient (Wildman–Crippen LogP) is 4.61. The van der Waals surface area contributed by atoms with E-state index in [4.69, 9.17) is 4.74 Å². The molecule has 1 N–H and O–H groups in total. The highest BCUT2D eigenvalue weighted by Gasteiger charge is 2.27. The molecule has 0 spiro atoms. The number of carbonyl (C=O) groups excluding carboxylic acids is 1. The van der Waals surface area contributed by atoms with E-state index >= 15 is 0 Å². The van der Waals surface area contributed by atoms with Gasteiger partial charge >= 0.3 is 0 Å². The molecule has 2 aromatic carbocycles. The molecule has 2 heterocycles. The van der Waals surface area contributed by atoms with Crippen LogP contribution in [0.15, 0.2) is 36.4 Å². The van der Waals surface area contributed by atoms with E-state index in [1.165, 1.54) is 11.5 Å². The summed E-state index contributed by atoms with van der Waals surface area (Å²) in [4.78, 5) is 19.3. The molecule has 1 amide bonds. The number of nitrogens with one attached hydrogen (secondary N) is 1. The average Bonchev–Trinajstić information content (AvgIpc) is 3.38. The van der Waals surface area contributed by atoms with Crippen molar-refractivity contribution in [2.75, 3.05) is 29.9 Å². The number of aromatic nitrogens is 2. The standard InChI is InChI=1S/C23H26N4O2S/c1-4-12-29-21-7-5-6-20-18(21)10-11-27(20)22(28)14-24-19-13-17(9-8-15(19)2)23-25-16(3)26-30-23/h5-9,13,24H,4,10-12,14H2,1-3H3. The molecular weight excluding hydrogens is 396 g/mol. The molecule has 0 atom stereocenters. The van der Waals surface area contributed by atoms with E-state index in [1.807, 2.05) is 55.1 Å². The lowest BCUT2D eigenvalue weighted by atomic mass is 10.1. The molecular formula is C23H26N4O2S. The Morgan fingerprint density at radius 3 is 2.90 bits per heavy atom. The van der Waals surface area contributed by atoms with Crippen molar-refractivity contribution in [3.05, 3.63) is 53.3 Å². The van der Waals surface area contributed by atoms with Crippen LogP contribution in [0.4, 0.5) is 11.4 Å². The summed E-state index contributed by atoms with van der Waals surface area (Å²) in [6.45, 7) is 7.62. The maximum absolute atomic E-state index is 13.0. The van der Waals surface area contributed by atoms with Crippen LogP contribution in [0, 0.1) is 13.8 Å². The van der Waals surface area contributed by atoms with Gasteiger partial charge in [-0.2, -0.15) is 4.37 Å². The number of nitrogens with zero attached hydrogens (tertiary/aromatic N) is 3. The fourth-order valence-corrected chi connectivity index (χ4v) is 4.30. The van der Waals surface area contributed by atoms with Crippen LogP contribution in [0.5, 0.6) is 5.75 Å². The van der Waals surface area contributed by atoms with Crippen LogP contribution in [0.2, 0.25) is 0 Å². The average molecular weight is 423 g/mol. The fourth-order valence-electron chi connectivity index (χ4n) is 3.63. The minimum Gasteiger partial charge on any atom is -0.493 e. The SMILES string of the molecule is CCCOc1cccc2c1CCN2C(=O)CNc1cc(-c2nc(C)ns2)ccc1C. The monoisotopic (exact) mass is 422 g/mol. The minimum atomic E-state index is 0.0537. The zero-order valence-electron chi connectivity index (χ0n) is 17.6. The molecule has 1 aromatic heterocycles. The Labute approximate surface area is 181 Å². The van der Waals surface area contributed by atoms with Crippen LogP contribution in [0.3, 0.4) is 0 Å². The summed E-state index contributed by atoms with van der Waals surface area (Å²) in [5.41, 5.74) is 5.12. The molecule has 6 nitrogen and oxygen atoms in total. The third-order valence-electron chi connectivity index (χ3n) is 5.19. The van der Waals surface area contributed by atoms with Crippen LogP contribution in [-0.2, 0) is 11.2 Å². The second-order valence-electron chi connectivity index (χ2n) is 7.43. The lowest BCUT2D eigenvalue weighted by molar-refractivity contribution is -0.116. The number of hydrogen-bond acceptors (Lipinski definition) is 6. The van der Waals surface area contributed by atoms with Crippen molar-refractivity contribution in [1.29, 1.82) is 0 Å². The number of amides is 1. The molecule has 0 saturated heterocycles. The van der Waals surface area contributed by atoms with Gasteiger partial charge in [0.15, 0.2) is 0 Å². The maximum Gasteiger partial charge on any atom is 0.246 e. The van der Waals surface area contributed by atoms with Crippen molar-refractivity contribution in [3.8, 4) is 16.3 Å². The summed E-state index contributed by atoms with van der Waals surface area (Å²) in [5, 5.41) is 4.20. The lowest BCUT2D eigenvalue weighted by Crippen LogP contribution is -2.34. The largest absolute Gasteiger partial charge is 0.493 e. The van der Waals surface area contributed by atoms with E-state index < -0.39 is 0 Å². The van der Waals surface area contributed by atoms with Gasteiger partial charge < -0.3 is 15.0 Å². The summed E-state index contributed by atoms with van der Waals surface area (Å²) >= 11 is 1.39. The number of rotatable bonds is 7. The molecule has 7 heteroatoms. The van der Waals surface area contributed by atoms with Crippen molar-refractivity contribution in [2.45, 2.75) is 33.6 Å². The second-order valence-corrected chi connectivity index (χ2v) is 8.18. The third kappa shape index (κ3) is 4.16. The van der Waals surface area contributed by atoms with Crippen molar-refractivity contribution in [2.24, 2.45) is 0 Å². The first-order valence-electron chi connectivity index (χ1n) is 10.3.